The molecule has 0 spiro atoms. The van der Waals surface area contributed by atoms with Gasteiger partial charge in [-0.2, -0.15) is 13.5 Å². The molecule has 1 aromatic heterocycles. The van der Waals surface area contributed by atoms with Crippen LogP contribution in [0.4, 0.5) is 5.13 Å². The summed E-state index contributed by atoms with van der Waals surface area (Å²) >= 11 is 0.972. The first kappa shape index (κ1) is 17.3. The highest BCUT2D eigenvalue weighted by Gasteiger charge is 2.58. The second-order valence-electron chi connectivity index (χ2n) is 5.10. The molecule has 0 radical (unpaired) electrons. The summed E-state index contributed by atoms with van der Waals surface area (Å²) < 4.78 is 34.1. The van der Waals surface area contributed by atoms with Gasteiger partial charge in [-0.25, -0.2) is 4.98 Å². The van der Waals surface area contributed by atoms with Gasteiger partial charge in [0.25, 0.3) is 17.6 Å². The van der Waals surface area contributed by atoms with Crippen molar-refractivity contribution in [2.24, 2.45) is 0 Å². The number of ketones is 1. The molecule has 13 heteroatoms. The second-order valence-corrected chi connectivity index (χ2v) is 6.99. The van der Waals surface area contributed by atoms with Crippen molar-refractivity contribution >= 4 is 44.5 Å². The predicted octanol–water partition coefficient (Wildman–Crippen LogP) is -1.25. The zero-order valence-electron chi connectivity index (χ0n) is 11.8. The molecule has 1 unspecified atom stereocenters. The highest BCUT2D eigenvalue weighted by atomic mass is 32.3. The third kappa shape index (κ3) is 3.31. The Hall–Kier alpha value is -2.09. The first-order valence-electron chi connectivity index (χ1n) is 6.01. The van der Waals surface area contributed by atoms with Crippen LogP contribution in [0.5, 0.6) is 0 Å². The lowest BCUT2D eigenvalue weighted by Gasteiger charge is -2.50. The molecule has 4 N–H and O–H groups in total. The number of thiazole rings is 1. The Morgan fingerprint density at radius 2 is 2.13 bits per heavy atom. The standard InChI is InChI=1S/C10H12N4O7S2/c1-10(2)6(8(17)14(10)21-23(18,19)20)13-7(16)5(15)4-3-22-9(11)12-4/h3,6H,1-2H3,(H2,11,12)(H,13,16)(H,18,19,20). The minimum atomic E-state index is -4.89. The van der Waals surface area contributed by atoms with E-state index < -0.39 is 39.6 Å². The first-order valence-corrected chi connectivity index (χ1v) is 8.25. The van der Waals surface area contributed by atoms with Crippen LogP contribution in [0, 0.1) is 0 Å². The molecular formula is C10H12N4O7S2. The molecular weight excluding hydrogens is 352 g/mol. The summed E-state index contributed by atoms with van der Waals surface area (Å²) in [5.74, 6) is -3.03. The Morgan fingerprint density at radius 1 is 1.52 bits per heavy atom. The van der Waals surface area contributed by atoms with Gasteiger partial charge in [0.05, 0.1) is 5.54 Å². The van der Waals surface area contributed by atoms with Crippen LogP contribution in [0.25, 0.3) is 0 Å². The van der Waals surface area contributed by atoms with Crippen molar-refractivity contribution in [3.63, 3.8) is 0 Å². The quantitative estimate of drug-likeness (QED) is 0.250. The minimum absolute atomic E-state index is 0.105. The number of anilines is 1. The molecule has 11 nitrogen and oxygen atoms in total. The van der Waals surface area contributed by atoms with Gasteiger partial charge in [-0.15, -0.1) is 15.6 Å². The molecule has 2 amide bonds. The van der Waals surface area contributed by atoms with E-state index in [0.29, 0.717) is 5.06 Å². The van der Waals surface area contributed by atoms with Crippen LogP contribution in [0.2, 0.25) is 0 Å². The highest BCUT2D eigenvalue weighted by molar-refractivity contribution is 7.80. The molecule has 1 aromatic rings. The van der Waals surface area contributed by atoms with Crippen molar-refractivity contribution in [3.8, 4) is 0 Å². The minimum Gasteiger partial charge on any atom is -0.375 e. The predicted molar refractivity (Wildman–Crippen MR) is 76.3 cm³/mol. The molecule has 1 fully saturated rings. The summed E-state index contributed by atoms with van der Waals surface area (Å²) in [6.07, 6.45) is 0. The number of hydrogen-bond donors (Lipinski definition) is 3. The largest absolute Gasteiger partial charge is 0.418 e. The topological polar surface area (TPSA) is 169 Å². The van der Waals surface area contributed by atoms with Crippen LogP contribution < -0.4 is 11.1 Å². The van der Waals surface area contributed by atoms with Crippen LogP contribution in [-0.4, -0.2) is 52.2 Å². The molecule has 1 aliphatic rings. The highest BCUT2D eigenvalue weighted by Crippen LogP contribution is 2.32. The summed E-state index contributed by atoms with van der Waals surface area (Å²) in [6.45, 7) is 2.74. The van der Waals surface area contributed by atoms with Gasteiger partial charge in [-0.05, 0) is 13.8 Å². The van der Waals surface area contributed by atoms with Crippen LogP contribution >= 0.6 is 11.3 Å². The number of hydroxylamine groups is 2. The summed E-state index contributed by atoms with van der Waals surface area (Å²) in [5, 5.41) is 3.95. The van der Waals surface area contributed by atoms with E-state index in [1.807, 2.05) is 0 Å². The molecule has 1 atom stereocenters. The molecule has 1 aliphatic heterocycles. The Kier molecular flexibility index (Phi) is 4.14. The van der Waals surface area contributed by atoms with E-state index in [-0.39, 0.29) is 10.8 Å². The number of rotatable bonds is 5. The maximum absolute atomic E-state index is 11.9. The Labute approximate surface area is 134 Å². The third-order valence-corrected chi connectivity index (χ3v) is 4.09. The van der Waals surface area contributed by atoms with Gasteiger partial charge in [0.15, 0.2) is 5.13 Å². The summed E-state index contributed by atoms with van der Waals surface area (Å²) in [5.41, 5.74) is 3.90. The molecule has 2 heterocycles. The number of aromatic nitrogens is 1. The number of Topliss-reactive ketones (excluding diaryl/α,β-unsaturated/α-hetero) is 1. The molecule has 126 valence electrons. The Bertz CT molecular complexity index is 785. The van der Waals surface area contributed by atoms with E-state index >= 15 is 0 Å². The number of carbonyl (C=O) groups is 3. The Balaban J connectivity index is 2.08. The second kappa shape index (κ2) is 5.52. The van der Waals surface area contributed by atoms with Gasteiger partial charge >= 0.3 is 10.4 Å². The molecule has 0 saturated carbocycles. The lowest BCUT2D eigenvalue weighted by atomic mass is 9.84. The number of β-lactam (4-membered cyclic amide) rings is 1. The van der Waals surface area contributed by atoms with E-state index in [0.717, 1.165) is 11.3 Å². The van der Waals surface area contributed by atoms with Crippen LogP contribution in [0.15, 0.2) is 5.38 Å². The molecule has 23 heavy (non-hydrogen) atoms. The maximum atomic E-state index is 11.9. The number of hydrogen-bond acceptors (Lipinski definition) is 9. The fourth-order valence-corrected chi connectivity index (χ4v) is 2.92. The van der Waals surface area contributed by atoms with Gasteiger partial charge in [-0.1, -0.05) is 0 Å². The van der Waals surface area contributed by atoms with Gasteiger partial charge in [0, 0.05) is 5.38 Å². The van der Waals surface area contributed by atoms with Gasteiger partial charge < -0.3 is 11.1 Å². The van der Waals surface area contributed by atoms with E-state index in [9.17, 15) is 22.8 Å². The van der Waals surface area contributed by atoms with Crippen molar-refractivity contribution < 1.29 is 31.6 Å². The van der Waals surface area contributed by atoms with E-state index in [4.69, 9.17) is 10.3 Å². The van der Waals surface area contributed by atoms with Crippen LogP contribution in [-0.2, 0) is 24.3 Å². The smallest absolute Gasteiger partial charge is 0.375 e. The molecule has 1 saturated heterocycles. The zero-order valence-corrected chi connectivity index (χ0v) is 13.5. The SMILES string of the molecule is CC1(C)C(NC(=O)C(=O)c2csc(N)n2)C(=O)N1OS(=O)(=O)O. The zero-order chi connectivity index (χ0) is 17.6. The third-order valence-electron chi connectivity index (χ3n) is 3.08. The van der Waals surface area contributed by atoms with Crippen molar-refractivity contribution in [2.45, 2.75) is 25.4 Å². The molecule has 0 bridgehead atoms. The number of nitrogen functional groups attached to an aromatic ring is 1. The average molecular weight is 364 g/mol. The van der Waals surface area contributed by atoms with E-state index in [2.05, 4.69) is 14.6 Å². The molecule has 0 aliphatic carbocycles. The maximum Gasteiger partial charge on any atom is 0.418 e. The van der Waals surface area contributed by atoms with Gasteiger partial charge in [-0.3, -0.25) is 18.9 Å². The number of amides is 2. The van der Waals surface area contributed by atoms with Gasteiger partial charge in [0.2, 0.25) is 0 Å². The monoisotopic (exact) mass is 364 g/mol. The van der Waals surface area contributed by atoms with Crippen molar-refractivity contribution in [1.29, 1.82) is 0 Å². The average Bonchev–Trinajstić information content (AvgIpc) is 2.86. The van der Waals surface area contributed by atoms with Gasteiger partial charge in [0.1, 0.15) is 11.7 Å². The summed E-state index contributed by atoms with van der Waals surface area (Å²) in [7, 11) is -4.89. The first-order chi connectivity index (χ1) is 10.4. The lowest BCUT2D eigenvalue weighted by molar-refractivity contribution is -0.218. The van der Waals surface area contributed by atoms with Crippen LogP contribution in [0.1, 0.15) is 24.3 Å². The number of nitrogens with zero attached hydrogens (tertiary/aromatic N) is 2. The number of nitrogens with one attached hydrogen (secondary N) is 1. The fourth-order valence-electron chi connectivity index (χ4n) is 1.92. The lowest BCUT2D eigenvalue weighted by Crippen LogP contribution is -2.76. The molecule has 0 aromatic carbocycles. The normalized spacial score (nSPS) is 20.0. The molecule has 2 rings (SSSR count). The summed E-state index contributed by atoms with van der Waals surface area (Å²) in [6, 6.07) is -1.21. The van der Waals surface area contributed by atoms with Crippen molar-refractivity contribution in [3.05, 3.63) is 11.1 Å². The fraction of sp³-hybridized carbons (Fsp3) is 0.400. The van der Waals surface area contributed by atoms with E-state index in [1.165, 1.54) is 19.2 Å². The summed E-state index contributed by atoms with van der Waals surface area (Å²) in [4.78, 5) is 39.2. The van der Waals surface area contributed by atoms with Crippen LogP contribution in [0.3, 0.4) is 0 Å². The van der Waals surface area contributed by atoms with Crippen molar-refractivity contribution in [2.75, 3.05) is 5.73 Å². The van der Waals surface area contributed by atoms with Crippen molar-refractivity contribution in [1.82, 2.24) is 15.4 Å². The van der Waals surface area contributed by atoms with E-state index in [1.54, 1.807) is 0 Å². The Morgan fingerprint density at radius 3 is 2.57 bits per heavy atom. The number of nitrogens with two attached hydrogens (primary N) is 1. The number of carbonyl (C=O) groups excluding carboxylic acids is 3.